The second-order valence-corrected chi connectivity index (χ2v) is 9.20. The van der Waals surface area contributed by atoms with Crippen LogP contribution in [0.4, 0.5) is 10.1 Å². The number of hydrogen-bond donors (Lipinski definition) is 1. The van der Waals surface area contributed by atoms with E-state index in [-0.39, 0.29) is 22.7 Å². The summed E-state index contributed by atoms with van der Waals surface area (Å²) in [6.07, 6.45) is 0. The van der Waals surface area contributed by atoms with E-state index >= 15 is 0 Å². The number of rotatable bonds is 8. The number of hydrogen-bond acceptors (Lipinski definition) is 4. The number of carbonyl (C=O) groups is 1. The Morgan fingerprint density at radius 3 is 2.28 bits per heavy atom. The lowest BCUT2D eigenvalue weighted by Gasteiger charge is -2.26. The molecule has 6 nitrogen and oxygen atoms in total. The van der Waals surface area contributed by atoms with Crippen LogP contribution >= 0.6 is 0 Å². The quantitative estimate of drug-likeness (QED) is 0.557. The number of halogens is 1. The van der Waals surface area contributed by atoms with Crippen LogP contribution in [0, 0.1) is 19.7 Å². The van der Waals surface area contributed by atoms with Gasteiger partial charge in [-0.1, -0.05) is 35.9 Å². The minimum atomic E-state index is -4.11. The minimum absolute atomic E-state index is 0.0229. The fourth-order valence-electron chi connectivity index (χ4n) is 3.13. The van der Waals surface area contributed by atoms with E-state index < -0.39 is 28.3 Å². The average molecular weight is 457 g/mol. The molecule has 0 aliphatic rings. The maximum Gasteiger partial charge on any atom is 0.264 e. The summed E-state index contributed by atoms with van der Waals surface area (Å²) in [4.78, 5) is 12.7. The van der Waals surface area contributed by atoms with Gasteiger partial charge in [-0.2, -0.15) is 0 Å². The molecule has 1 amide bonds. The number of methoxy groups -OCH3 is 1. The van der Waals surface area contributed by atoms with Crippen molar-refractivity contribution >= 4 is 21.6 Å². The second-order valence-electron chi connectivity index (χ2n) is 7.33. The molecule has 0 aliphatic heterocycles. The van der Waals surface area contributed by atoms with Gasteiger partial charge in [-0.05, 0) is 55.8 Å². The lowest BCUT2D eigenvalue weighted by molar-refractivity contribution is -0.119. The van der Waals surface area contributed by atoms with E-state index in [4.69, 9.17) is 4.74 Å². The topological polar surface area (TPSA) is 75.7 Å². The normalized spacial score (nSPS) is 11.1. The first kappa shape index (κ1) is 23.3. The second kappa shape index (κ2) is 9.82. The van der Waals surface area contributed by atoms with E-state index in [0.717, 1.165) is 15.4 Å². The van der Waals surface area contributed by atoms with Gasteiger partial charge < -0.3 is 10.1 Å². The Morgan fingerprint density at radius 2 is 1.66 bits per heavy atom. The summed E-state index contributed by atoms with van der Waals surface area (Å²) in [6.45, 7) is 3.05. The Kier molecular flexibility index (Phi) is 7.15. The molecule has 0 radical (unpaired) electrons. The number of carbonyl (C=O) groups excluding carboxylic acids is 1. The van der Waals surface area contributed by atoms with E-state index in [1.807, 2.05) is 6.92 Å². The van der Waals surface area contributed by atoms with Gasteiger partial charge in [-0.25, -0.2) is 12.8 Å². The molecule has 0 saturated carbocycles. The van der Waals surface area contributed by atoms with Crippen LogP contribution in [0.5, 0.6) is 5.75 Å². The molecule has 0 atom stereocenters. The molecule has 0 spiro atoms. The van der Waals surface area contributed by atoms with Crippen LogP contribution in [-0.4, -0.2) is 28.0 Å². The highest BCUT2D eigenvalue weighted by atomic mass is 32.2. The summed E-state index contributed by atoms with van der Waals surface area (Å²) < 4.78 is 47.1. The number of aryl methyl sites for hydroxylation is 1. The van der Waals surface area contributed by atoms with Crippen molar-refractivity contribution in [1.82, 2.24) is 5.32 Å². The predicted molar refractivity (Wildman–Crippen MR) is 122 cm³/mol. The van der Waals surface area contributed by atoms with Gasteiger partial charge >= 0.3 is 0 Å². The van der Waals surface area contributed by atoms with E-state index in [2.05, 4.69) is 5.32 Å². The molecule has 0 aromatic heterocycles. The van der Waals surface area contributed by atoms with E-state index in [1.165, 1.54) is 37.3 Å². The lowest BCUT2D eigenvalue weighted by Crippen LogP contribution is -2.41. The summed E-state index contributed by atoms with van der Waals surface area (Å²) in [5.41, 5.74) is 1.99. The number of ether oxygens (including phenoxy) is 1. The van der Waals surface area contributed by atoms with Gasteiger partial charge in [0.2, 0.25) is 5.91 Å². The monoisotopic (exact) mass is 456 g/mol. The Balaban J connectivity index is 1.87. The molecule has 32 heavy (non-hydrogen) atoms. The van der Waals surface area contributed by atoms with E-state index in [1.54, 1.807) is 43.5 Å². The van der Waals surface area contributed by atoms with Crippen LogP contribution in [0.2, 0.25) is 0 Å². The van der Waals surface area contributed by atoms with Crippen LogP contribution in [0.1, 0.15) is 16.7 Å². The van der Waals surface area contributed by atoms with Crippen molar-refractivity contribution in [1.29, 1.82) is 0 Å². The summed E-state index contributed by atoms with van der Waals surface area (Å²) >= 11 is 0. The highest BCUT2D eigenvalue weighted by Crippen LogP contribution is 2.28. The lowest BCUT2D eigenvalue weighted by atomic mass is 10.2. The highest BCUT2D eigenvalue weighted by Gasteiger charge is 2.28. The molecule has 0 saturated heterocycles. The molecule has 8 heteroatoms. The first-order valence-electron chi connectivity index (χ1n) is 9.96. The number of anilines is 1. The molecule has 0 aliphatic carbocycles. The van der Waals surface area contributed by atoms with Gasteiger partial charge in [0.25, 0.3) is 10.0 Å². The number of sulfonamides is 1. The molecule has 3 aromatic carbocycles. The Bertz CT molecular complexity index is 1190. The number of benzene rings is 3. The molecular weight excluding hydrogens is 431 g/mol. The first-order chi connectivity index (χ1) is 15.2. The van der Waals surface area contributed by atoms with Crippen molar-refractivity contribution in [3.05, 3.63) is 89.2 Å². The smallest absolute Gasteiger partial charge is 0.264 e. The Labute approximate surface area is 187 Å². The Morgan fingerprint density at radius 1 is 1.00 bits per heavy atom. The number of amides is 1. The zero-order valence-corrected chi connectivity index (χ0v) is 18.9. The molecule has 0 heterocycles. The van der Waals surface area contributed by atoms with E-state index in [0.29, 0.717) is 5.75 Å². The SMILES string of the molecule is COc1ccc(CNC(=O)CN(c2cccc(F)c2C)S(=O)(=O)c2ccc(C)cc2)cc1. The third kappa shape index (κ3) is 5.26. The molecular formula is C24H25FN2O4S. The standard InChI is InChI=1S/C24H25FN2O4S/c1-17-7-13-21(14-8-17)32(29,30)27(23-6-4-5-22(25)18(23)2)16-24(28)26-15-19-9-11-20(31-3)12-10-19/h4-14H,15-16H2,1-3H3,(H,26,28). The first-order valence-corrected chi connectivity index (χ1v) is 11.4. The molecule has 3 aromatic rings. The van der Waals surface area contributed by atoms with Crippen LogP contribution in [0.25, 0.3) is 0 Å². The van der Waals surface area contributed by atoms with Crippen LogP contribution < -0.4 is 14.4 Å². The van der Waals surface area contributed by atoms with Gasteiger partial charge in [-0.15, -0.1) is 0 Å². The maximum absolute atomic E-state index is 14.2. The molecule has 168 valence electrons. The maximum atomic E-state index is 14.2. The van der Waals surface area contributed by atoms with Crippen LogP contribution in [0.15, 0.2) is 71.6 Å². The predicted octanol–water partition coefficient (Wildman–Crippen LogP) is 3.96. The summed E-state index contributed by atoms with van der Waals surface area (Å²) in [5, 5.41) is 2.72. The molecule has 0 bridgehead atoms. The molecule has 3 rings (SSSR count). The minimum Gasteiger partial charge on any atom is -0.497 e. The zero-order valence-electron chi connectivity index (χ0n) is 18.1. The number of nitrogens with one attached hydrogen (secondary N) is 1. The third-order valence-corrected chi connectivity index (χ3v) is 6.83. The Hall–Kier alpha value is -3.39. The van der Waals surface area contributed by atoms with Crippen molar-refractivity contribution in [2.24, 2.45) is 0 Å². The summed E-state index contributed by atoms with van der Waals surface area (Å²) in [6, 6.07) is 17.6. The van der Waals surface area contributed by atoms with Crippen molar-refractivity contribution in [2.45, 2.75) is 25.3 Å². The third-order valence-electron chi connectivity index (χ3n) is 5.05. The van der Waals surface area contributed by atoms with Gasteiger partial charge in [-0.3, -0.25) is 9.10 Å². The van der Waals surface area contributed by atoms with Gasteiger partial charge in [0, 0.05) is 12.1 Å². The van der Waals surface area contributed by atoms with Gasteiger partial charge in [0.05, 0.1) is 17.7 Å². The van der Waals surface area contributed by atoms with Gasteiger partial charge in [0.1, 0.15) is 18.1 Å². The van der Waals surface area contributed by atoms with E-state index in [9.17, 15) is 17.6 Å². The summed E-state index contributed by atoms with van der Waals surface area (Å²) in [7, 11) is -2.54. The summed E-state index contributed by atoms with van der Waals surface area (Å²) in [5.74, 6) is -0.373. The largest absolute Gasteiger partial charge is 0.497 e. The zero-order chi connectivity index (χ0) is 23.3. The van der Waals surface area contributed by atoms with Crippen molar-refractivity contribution < 1.29 is 22.3 Å². The fraction of sp³-hybridized carbons (Fsp3) is 0.208. The molecule has 1 N–H and O–H groups in total. The van der Waals surface area contributed by atoms with Crippen LogP contribution in [-0.2, 0) is 21.4 Å². The number of nitrogens with zero attached hydrogens (tertiary/aromatic N) is 1. The van der Waals surface area contributed by atoms with Crippen molar-refractivity contribution in [3.63, 3.8) is 0 Å². The molecule has 0 fully saturated rings. The van der Waals surface area contributed by atoms with Crippen molar-refractivity contribution in [3.8, 4) is 5.75 Å². The highest BCUT2D eigenvalue weighted by molar-refractivity contribution is 7.92. The fourth-order valence-corrected chi connectivity index (χ4v) is 4.61. The van der Waals surface area contributed by atoms with Crippen molar-refractivity contribution in [2.75, 3.05) is 18.0 Å². The molecule has 0 unspecified atom stereocenters. The van der Waals surface area contributed by atoms with Crippen LogP contribution in [0.3, 0.4) is 0 Å². The average Bonchev–Trinajstić information content (AvgIpc) is 2.78. The van der Waals surface area contributed by atoms with Gasteiger partial charge in [0.15, 0.2) is 0 Å².